The average Bonchev–Trinajstić information content (AvgIpc) is 3.85. The first-order valence-electron chi connectivity index (χ1n) is 19.5. The van der Waals surface area contributed by atoms with Gasteiger partial charge < -0.3 is 23.5 Å². The number of hydrogen-bond donors (Lipinski definition) is 1. The van der Waals surface area contributed by atoms with Gasteiger partial charge in [-0.3, -0.25) is 14.3 Å². The molecule has 54 heavy (non-hydrogen) atoms. The van der Waals surface area contributed by atoms with Crippen LogP contribution in [0.3, 0.4) is 0 Å². The maximum atomic E-state index is 14.6. The molecule has 2 aliphatic heterocycles. The minimum absolute atomic E-state index is 0.0301. The van der Waals surface area contributed by atoms with E-state index in [9.17, 15) is 18.0 Å². The van der Waals surface area contributed by atoms with Gasteiger partial charge in [0, 0.05) is 41.2 Å². The van der Waals surface area contributed by atoms with Crippen LogP contribution in [0.5, 0.6) is 5.75 Å². The Morgan fingerprint density at radius 3 is 2.43 bits per heavy atom. The van der Waals surface area contributed by atoms with Gasteiger partial charge in [-0.1, -0.05) is 31.4 Å². The van der Waals surface area contributed by atoms with Crippen molar-refractivity contribution in [2.45, 2.75) is 115 Å². The molecule has 8 rings (SSSR count). The summed E-state index contributed by atoms with van der Waals surface area (Å²) in [5.41, 5.74) is 8.42. The Morgan fingerprint density at radius 2 is 1.74 bits per heavy atom. The van der Waals surface area contributed by atoms with Crippen molar-refractivity contribution >= 4 is 44.4 Å². The van der Waals surface area contributed by atoms with E-state index in [0.717, 1.165) is 70.3 Å². The third-order valence-corrected chi connectivity index (χ3v) is 13.3. The van der Waals surface area contributed by atoms with Crippen molar-refractivity contribution in [3.05, 3.63) is 70.8 Å². The number of ether oxygens (including phenoxy) is 2. The number of rotatable bonds is 9. The molecule has 2 aromatic heterocycles. The number of allylic oxidation sites excluding steroid dienone is 1. The lowest BCUT2D eigenvalue weighted by molar-refractivity contribution is -0.118. The van der Waals surface area contributed by atoms with Gasteiger partial charge in [0.05, 0.1) is 55.2 Å². The minimum Gasteiger partial charge on any atom is -0.497 e. The lowest BCUT2D eigenvalue weighted by atomic mass is 9.81. The maximum absolute atomic E-state index is 14.6. The molecule has 0 unspecified atom stereocenters. The molecule has 3 fully saturated rings. The van der Waals surface area contributed by atoms with Crippen molar-refractivity contribution in [2.24, 2.45) is 0 Å². The molecule has 4 heterocycles. The van der Waals surface area contributed by atoms with Crippen molar-refractivity contribution in [3.63, 3.8) is 0 Å². The quantitative estimate of drug-likeness (QED) is 0.194. The first kappa shape index (κ1) is 36.6. The number of nitrogens with zero attached hydrogens (tertiary/aromatic N) is 4. The van der Waals surface area contributed by atoms with E-state index in [4.69, 9.17) is 14.5 Å². The van der Waals surface area contributed by atoms with Gasteiger partial charge in [0.2, 0.25) is 15.9 Å². The predicted octanol–water partition coefficient (Wildman–Crippen LogP) is 7.10. The van der Waals surface area contributed by atoms with E-state index in [-0.39, 0.29) is 30.6 Å². The van der Waals surface area contributed by atoms with Crippen LogP contribution in [0.15, 0.2) is 42.7 Å². The zero-order chi connectivity index (χ0) is 37.9. The highest BCUT2D eigenvalue weighted by molar-refractivity contribution is 7.90. The van der Waals surface area contributed by atoms with Gasteiger partial charge in [0.15, 0.2) is 0 Å². The number of carbonyl (C=O) groups excluding carboxylic acids is 2. The summed E-state index contributed by atoms with van der Waals surface area (Å²) in [5, 5.41) is 0.414. The van der Waals surface area contributed by atoms with Crippen LogP contribution in [-0.2, 0) is 32.5 Å². The average molecular weight is 754 g/mol. The van der Waals surface area contributed by atoms with Gasteiger partial charge in [-0.15, -0.1) is 0 Å². The summed E-state index contributed by atoms with van der Waals surface area (Å²) in [5.74, 6) is 0.513. The second-order valence-electron chi connectivity index (χ2n) is 16.0. The molecule has 2 aromatic carbocycles. The topological polar surface area (TPSA) is 125 Å². The standard InChI is InChI=1S/C42H51N5O6S/c1-25(2)54(50,51)44-37(48)18-28-11-15-35-36(17-28)46-23-31(19-30-20-33(52-5)14-16-34(30)40(46)38(35)29-9-7-6-8-10-29)39-41(47(24-43-39)32-12-13-32)42(49)45-21-26(3)53-27(4)22-45/h11,14-17,19-20,24-27,29,32H,6-10,12-13,18,21-23H2,1-5H3,(H,44,48)/t26-,27+. The largest absolute Gasteiger partial charge is 0.497 e. The van der Waals surface area contributed by atoms with Crippen LogP contribution in [0.4, 0.5) is 0 Å². The number of methoxy groups -OCH3 is 1. The molecule has 286 valence electrons. The molecule has 2 saturated carbocycles. The van der Waals surface area contributed by atoms with E-state index in [0.29, 0.717) is 36.9 Å². The highest BCUT2D eigenvalue weighted by Crippen LogP contribution is 2.48. The minimum atomic E-state index is -3.76. The zero-order valence-electron chi connectivity index (χ0n) is 31.9. The second kappa shape index (κ2) is 14.3. The monoisotopic (exact) mass is 753 g/mol. The lowest BCUT2D eigenvalue weighted by Gasteiger charge is -2.35. The maximum Gasteiger partial charge on any atom is 0.272 e. The SMILES string of the molecule is COc1ccc2c(c1)C=C(c1ncn(C3CC3)c1C(=O)N1C[C@@H](C)O[C@@H](C)C1)Cn1c-2c(C2CCCCC2)c2ccc(CC(=O)NS(=O)(=O)C(C)C)cc21. The zero-order valence-corrected chi connectivity index (χ0v) is 32.7. The van der Waals surface area contributed by atoms with Crippen molar-refractivity contribution < 1.29 is 27.5 Å². The predicted molar refractivity (Wildman–Crippen MR) is 210 cm³/mol. The number of fused-ring (bicyclic) bond motifs is 5. The molecule has 2 atom stereocenters. The first-order chi connectivity index (χ1) is 25.9. The molecule has 1 saturated heterocycles. The molecule has 11 nitrogen and oxygen atoms in total. The van der Waals surface area contributed by atoms with Crippen molar-refractivity contribution in [1.29, 1.82) is 0 Å². The smallest absolute Gasteiger partial charge is 0.272 e. The summed E-state index contributed by atoms with van der Waals surface area (Å²) in [4.78, 5) is 34.7. The molecule has 4 aromatic rings. The molecule has 0 spiro atoms. The molecular formula is C42H51N5O6S. The van der Waals surface area contributed by atoms with Crippen LogP contribution >= 0.6 is 0 Å². The van der Waals surface area contributed by atoms with Crippen molar-refractivity contribution in [2.75, 3.05) is 20.2 Å². The highest BCUT2D eigenvalue weighted by atomic mass is 32.2. The number of sulfonamides is 1. The van der Waals surface area contributed by atoms with E-state index < -0.39 is 21.2 Å². The molecule has 2 amide bonds. The summed E-state index contributed by atoms with van der Waals surface area (Å²) in [6.07, 6.45) is 11.6. The number of hydrogen-bond acceptors (Lipinski definition) is 7. The van der Waals surface area contributed by atoms with E-state index in [1.807, 2.05) is 43.3 Å². The van der Waals surface area contributed by atoms with Crippen molar-refractivity contribution in [1.82, 2.24) is 23.7 Å². The van der Waals surface area contributed by atoms with Crippen LogP contribution in [0.2, 0.25) is 0 Å². The summed E-state index contributed by atoms with van der Waals surface area (Å²) in [6, 6.07) is 12.6. The Labute approximate surface area is 317 Å². The normalized spacial score (nSPS) is 20.7. The van der Waals surface area contributed by atoms with Crippen LogP contribution in [0, 0.1) is 0 Å². The molecule has 0 radical (unpaired) electrons. The van der Waals surface area contributed by atoms with E-state index >= 15 is 0 Å². The molecule has 1 N–H and O–H groups in total. The Bertz CT molecular complexity index is 2250. The molecule has 0 bridgehead atoms. The fraction of sp³-hybridized carbons (Fsp3) is 0.500. The van der Waals surface area contributed by atoms with Gasteiger partial charge in [0.1, 0.15) is 11.4 Å². The van der Waals surface area contributed by atoms with Crippen LogP contribution in [0.25, 0.3) is 33.8 Å². The Hall–Kier alpha value is -4.42. The lowest BCUT2D eigenvalue weighted by Crippen LogP contribution is -2.48. The molecule has 4 aliphatic rings. The highest BCUT2D eigenvalue weighted by Gasteiger charge is 2.37. The van der Waals surface area contributed by atoms with Gasteiger partial charge in [-0.25, -0.2) is 13.4 Å². The molecule has 12 heteroatoms. The van der Waals surface area contributed by atoms with Gasteiger partial charge in [-0.2, -0.15) is 0 Å². The van der Waals surface area contributed by atoms with Crippen molar-refractivity contribution in [3.8, 4) is 17.0 Å². The first-order valence-corrected chi connectivity index (χ1v) is 21.1. The third kappa shape index (κ3) is 6.87. The van der Waals surface area contributed by atoms with E-state index in [2.05, 4.69) is 38.1 Å². The van der Waals surface area contributed by atoms with Gasteiger partial charge >= 0.3 is 0 Å². The number of carbonyl (C=O) groups is 2. The number of imidazole rings is 1. The van der Waals surface area contributed by atoms with Gasteiger partial charge in [-0.05, 0) is 106 Å². The number of morpholine rings is 1. The van der Waals surface area contributed by atoms with E-state index in [1.54, 1.807) is 21.0 Å². The Kier molecular flexibility index (Phi) is 9.71. The number of amides is 2. The number of nitrogens with one attached hydrogen (secondary N) is 1. The third-order valence-electron chi connectivity index (χ3n) is 11.5. The van der Waals surface area contributed by atoms with Crippen LogP contribution in [0.1, 0.15) is 117 Å². The summed E-state index contributed by atoms with van der Waals surface area (Å²) in [6.45, 7) is 8.61. The number of aromatic nitrogens is 3. The fourth-order valence-corrected chi connectivity index (χ4v) is 9.39. The molecular weight excluding hydrogens is 703 g/mol. The van der Waals surface area contributed by atoms with E-state index in [1.165, 1.54) is 24.8 Å². The fourth-order valence-electron chi connectivity index (χ4n) is 8.77. The second-order valence-corrected chi connectivity index (χ2v) is 18.2. The summed E-state index contributed by atoms with van der Waals surface area (Å²) < 4.78 is 43.5. The van der Waals surface area contributed by atoms with Crippen LogP contribution in [-0.4, -0.2) is 76.9 Å². The van der Waals surface area contributed by atoms with Crippen LogP contribution < -0.4 is 9.46 Å². The Balaban J connectivity index is 1.30. The van der Waals surface area contributed by atoms with Gasteiger partial charge in [0.25, 0.3) is 5.91 Å². The Morgan fingerprint density at radius 1 is 1.00 bits per heavy atom. The number of benzene rings is 2. The molecule has 2 aliphatic carbocycles. The summed E-state index contributed by atoms with van der Waals surface area (Å²) >= 11 is 0. The summed E-state index contributed by atoms with van der Waals surface area (Å²) in [7, 11) is -2.08.